The number of aromatic hydroxyl groups is 1. The van der Waals surface area contributed by atoms with Gasteiger partial charge in [-0.3, -0.25) is 4.79 Å². The largest absolute Gasteiger partial charge is 0.508 e. The number of phenolic OH excluding ortho intramolecular Hbond substituents is 1. The highest BCUT2D eigenvalue weighted by Gasteiger charge is 2.80. The number of aliphatic hydroxyl groups is 1. The average molecular weight is 566 g/mol. The van der Waals surface area contributed by atoms with E-state index in [2.05, 4.69) is 13.8 Å². The van der Waals surface area contributed by atoms with Crippen LogP contribution in [0.2, 0.25) is 0 Å². The minimum absolute atomic E-state index is 0.0285. The van der Waals surface area contributed by atoms with Gasteiger partial charge in [0.2, 0.25) is 0 Å². The smallest absolute Gasteiger partial charge is 0.335 e. The first kappa shape index (κ1) is 28.4. The van der Waals surface area contributed by atoms with Gasteiger partial charge in [0.15, 0.2) is 0 Å². The summed E-state index contributed by atoms with van der Waals surface area (Å²) in [6.45, 7) is 4.97. The van der Waals surface area contributed by atoms with E-state index < -0.39 is 12.0 Å². The third kappa shape index (κ3) is 4.63. The molecule has 5 aliphatic rings. The number of epoxide rings is 1. The van der Waals surface area contributed by atoms with Crippen molar-refractivity contribution in [2.45, 2.75) is 101 Å². The molecule has 8 nitrogen and oxygen atoms in total. The van der Waals surface area contributed by atoms with E-state index in [4.69, 9.17) is 25.1 Å². The lowest BCUT2D eigenvalue weighted by Crippen LogP contribution is -2.58. The lowest BCUT2D eigenvalue weighted by Gasteiger charge is -2.61. The molecular weight excluding hydrogens is 522 g/mol. The Morgan fingerprint density at radius 2 is 1.78 bits per heavy atom. The normalized spacial score (nSPS) is 41.0. The number of nitrogens with two attached hydrogens (primary N) is 1. The van der Waals surface area contributed by atoms with E-state index in [1.165, 1.54) is 49.8 Å². The summed E-state index contributed by atoms with van der Waals surface area (Å²) in [5.41, 5.74) is 7.57. The second-order valence-corrected chi connectivity index (χ2v) is 13.8. The summed E-state index contributed by atoms with van der Waals surface area (Å²) in [6, 6.07) is 8.97. The van der Waals surface area contributed by atoms with Crippen LogP contribution in [0.25, 0.3) is 0 Å². The molecule has 8 heteroatoms. The summed E-state index contributed by atoms with van der Waals surface area (Å²) in [6.07, 6.45) is 11.4. The quantitative estimate of drug-likeness (QED) is 0.393. The molecule has 1 aliphatic heterocycles. The van der Waals surface area contributed by atoms with Crippen LogP contribution >= 0.6 is 0 Å². The van der Waals surface area contributed by atoms with E-state index in [-0.39, 0.29) is 34.9 Å². The van der Waals surface area contributed by atoms with E-state index in [9.17, 15) is 14.7 Å². The van der Waals surface area contributed by atoms with Crippen LogP contribution in [0.15, 0.2) is 51.9 Å². The van der Waals surface area contributed by atoms with Gasteiger partial charge in [-0.15, -0.1) is 0 Å². The summed E-state index contributed by atoms with van der Waals surface area (Å²) in [4.78, 5) is 21.8. The van der Waals surface area contributed by atoms with Crippen molar-refractivity contribution >= 4 is 5.97 Å². The topological polar surface area (TPSA) is 147 Å². The molecule has 0 unspecified atom stereocenters. The van der Waals surface area contributed by atoms with Gasteiger partial charge in [-0.25, -0.2) is 4.79 Å². The predicted molar refractivity (Wildman–Crippen MR) is 152 cm³/mol. The van der Waals surface area contributed by atoms with Crippen LogP contribution in [0.4, 0.5) is 0 Å². The van der Waals surface area contributed by atoms with Crippen molar-refractivity contribution in [3.05, 3.63) is 64.2 Å². The van der Waals surface area contributed by atoms with Gasteiger partial charge in [-0.1, -0.05) is 26.0 Å². The van der Waals surface area contributed by atoms with E-state index >= 15 is 0 Å². The highest BCUT2D eigenvalue weighted by atomic mass is 16.6. The number of carboxylic acid groups (broad SMARTS) is 1. The first-order valence-electron chi connectivity index (χ1n) is 15.2. The van der Waals surface area contributed by atoms with E-state index in [1.807, 2.05) is 6.07 Å². The molecule has 2 heterocycles. The van der Waals surface area contributed by atoms with E-state index in [0.717, 1.165) is 30.7 Å². The zero-order valence-electron chi connectivity index (χ0n) is 24.0. The maximum absolute atomic E-state index is 11.4. The van der Waals surface area contributed by atoms with Crippen LogP contribution in [-0.2, 0) is 16.0 Å². The predicted octanol–water partition coefficient (Wildman–Crippen LogP) is 4.60. The number of carboxylic acids is 1. The Kier molecular flexibility index (Phi) is 7.11. The Morgan fingerprint density at radius 1 is 1.02 bits per heavy atom. The molecule has 4 aliphatic carbocycles. The summed E-state index contributed by atoms with van der Waals surface area (Å²) >= 11 is 0. The molecule has 0 bridgehead atoms. The molecule has 2 aromatic rings. The third-order valence-corrected chi connectivity index (χ3v) is 11.9. The molecule has 1 aromatic carbocycles. The zero-order valence-corrected chi connectivity index (χ0v) is 24.0. The molecule has 10 atom stereocenters. The van der Waals surface area contributed by atoms with Gasteiger partial charge >= 0.3 is 11.6 Å². The standard InChI is InChI=1S/C24H32O4.C9H11NO3/c1-22-9-7-16(25)11-15(22)4-5-18-17(22)8-10-23(2)19(12-20-24(18,23)28-20)14-3-6-21(26)27-13-14;10-8(9(12)13)5-6-1-3-7(11)4-2-6/h3,6,13,15-20,25H,4-5,7-12H2,1-2H3;1-4,8,11H,5,10H2,(H,12,13)/t15-,16+,17+,18-,19-,20-,22+,23-,24-;8-/m10/s1. The van der Waals surface area contributed by atoms with Gasteiger partial charge in [0.1, 0.15) is 17.4 Å². The molecule has 0 radical (unpaired) electrons. The number of ether oxygens (including phenoxy) is 1. The van der Waals surface area contributed by atoms with Crippen molar-refractivity contribution in [3.8, 4) is 5.75 Å². The molecule has 1 aromatic heterocycles. The number of hydrogen-bond donors (Lipinski definition) is 4. The van der Waals surface area contributed by atoms with Gasteiger partial charge in [-0.2, -0.15) is 0 Å². The second kappa shape index (κ2) is 10.2. The van der Waals surface area contributed by atoms with Gasteiger partial charge < -0.3 is 30.2 Å². The Labute approximate surface area is 240 Å². The SMILES string of the molecule is C[C@]12CC[C@H](O)C[C@H]1CC[C@@H]1[C@@H]2CC[C@]2(C)[C@@H](c3ccc(=O)oc3)C[C@H]3O[C@]132.N[C@@H](Cc1ccc(O)cc1)C(=O)O. The van der Waals surface area contributed by atoms with Gasteiger partial charge in [0.25, 0.3) is 0 Å². The summed E-state index contributed by atoms with van der Waals surface area (Å²) in [7, 11) is 0. The van der Waals surface area contributed by atoms with Crippen molar-refractivity contribution in [1.82, 2.24) is 0 Å². The molecular formula is C33H43NO7. The summed E-state index contributed by atoms with van der Waals surface area (Å²) in [5.74, 6) is 1.62. The van der Waals surface area contributed by atoms with E-state index in [1.54, 1.807) is 24.5 Å². The highest BCUT2D eigenvalue weighted by molar-refractivity contribution is 5.73. The molecule has 41 heavy (non-hydrogen) atoms. The third-order valence-electron chi connectivity index (χ3n) is 11.9. The Bertz CT molecular complexity index is 1320. The van der Waals surface area contributed by atoms with Crippen molar-refractivity contribution in [2.24, 2.45) is 34.3 Å². The first-order valence-corrected chi connectivity index (χ1v) is 15.2. The lowest BCUT2D eigenvalue weighted by atomic mass is 9.44. The van der Waals surface area contributed by atoms with Crippen molar-refractivity contribution in [2.75, 3.05) is 0 Å². The Morgan fingerprint density at radius 3 is 2.46 bits per heavy atom. The second-order valence-electron chi connectivity index (χ2n) is 13.8. The molecule has 1 spiro atoms. The number of fused-ring (bicyclic) bond motifs is 3. The maximum atomic E-state index is 11.4. The molecule has 5 fully saturated rings. The average Bonchev–Trinajstić information content (AvgIpc) is 3.60. The minimum Gasteiger partial charge on any atom is -0.508 e. The highest BCUT2D eigenvalue weighted by Crippen LogP contribution is 2.77. The van der Waals surface area contributed by atoms with Crippen LogP contribution in [0.3, 0.4) is 0 Å². The van der Waals surface area contributed by atoms with Gasteiger partial charge in [0.05, 0.1) is 18.5 Å². The van der Waals surface area contributed by atoms with Crippen molar-refractivity contribution < 1.29 is 29.3 Å². The fraction of sp³-hybridized carbons (Fsp3) is 0.636. The molecule has 7 rings (SSSR count). The molecule has 1 saturated heterocycles. The molecule has 222 valence electrons. The Balaban J connectivity index is 0.000000197. The van der Waals surface area contributed by atoms with Gasteiger partial charge in [-0.05, 0) is 116 Å². The Hall–Kier alpha value is -2.68. The molecule has 5 N–H and O–H groups in total. The molecule has 0 amide bonds. The number of aliphatic hydroxyl groups excluding tert-OH is 1. The lowest BCUT2D eigenvalue weighted by molar-refractivity contribution is -0.139. The fourth-order valence-corrected chi connectivity index (χ4v) is 9.71. The summed E-state index contributed by atoms with van der Waals surface area (Å²) in [5, 5.41) is 27.7. The van der Waals surface area contributed by atoms with Crippen molar-refractivity contribution in [3.63, 3.8) is 0 Å². The minimum atomic E-state index is -1.02. The van der Waals surface area contributed by atoms with Crippen LogP contribution < -0.4 is 11.4 Å². The molecule has 4 saturated carbocycles. The van der Waals surface area contributed by atoms with Crippen LogP contribution in [0, 0.1) is 28.6 Å². The zero-order chi connectivity index (χ0) is 29.2. The van der Waals surface area contributed by atoms with Gasteiger partial charge in [0, 0.05) is 11.5 Å². The van der Waals surface area contributed by atoms with Crippen molar-refractivity contribution in [1.29, 1.82) is 0 Å². The van der Waals surface area contributed by atoms with Crippen LogP contribution in [0.1, 0.15) is 82.3 Å². The number of rotatable bonds is 4. The maximum Gasteiger partial charge on any atom is 0.335 e. The number of aliphatic carboxylic acids is 1. The fourth-order valence-electron chi connectivity index (χ4n) is 9.71. The number of phenols is 1. The summed E-state index contributed by atoms with van der Waals surface area (Å²) < 4.78 is 11.8. The number of benzene rings is 1. The number of hydrogen-bond acceptors (Lipinski definition) is 7. The van der Waals surface area contributed by atoms with Crippen LogP contribution in [-0.4, -0.2) is 45.1 Å². The first-order chi connectivity index (χ1) is 19.5. The monoisotopic (exact) mass is 565 g/mol. The van der Waals surface area contributed by atoms with E-state index in [0.29, 0.717) is 29.3 Å². The van der Waals surface area contributed by atoms with Crippen LogP contribution in [0.5, 0.6) is 5.75 Å². The number of carbonyl (C=O) groups is 1.